The molecule has 3 heterocycles. The Balaban J connectivity index is 1.73. The molecule has 0 bridgehead atoms. The lowest BCUT2D eigenvalue weighted by molar-refractivity contribution is 0.278. The lowest BCUT2D eigenvalue weighted by atomic mass is 10.2. The average Bonchev–Trinajstić information content (AvgIpc) is 3.29. The molecule has 0 aliphatic carbocycles. The lowest BCUT2D eigenvalue weighted by Crippen LogP contribution is -2.01. The molecule has 0 aliphatic heterocycles. The Morgan fingerprint density at radius 2 is 1.88 bits per heavy atom. The molecule has 0 aliphatic rings. The number of imidazole rings is 2. The third-order valence-electron chi connectivity index (χ3n) is 4.31. The summed E-state index contributed by atoms with van der Waals surface area (Å²) in [5, 5.41) is 9.15. The van der Waals surface area contributed by atoms with Crippen molar-refractivity contribution in [1.82, 2.24) is 29.1 Å². The minimum atomic E-state index is 0.0885. The molecule has 0 fully saturated rings. The number of hydrogen-bond donors (Lipinski definition) is 1. The zero-order valence-corrected chi connectivity index (χ0v) is 14.7. The lowest BCUT2D eigenvalue weighted by Gasteiger charge is -2.09. The molecule has 0 radical (unpaired) electrons. The first-order valence-corrected chi connectivity index (χ1v) is 8.59. The predicted molar refractivity (Wildman–Crippen MR) is 99.1 cm³/mol. The maximum atomic E-state index is 9.15. The standard InChI is InChI=1S/C19H20N6O/c1-13(2)18-21-10-14(11-22-18)19-20-5-6-25(19)15-3-4-17-16(9-15)23-12-24(17)7-8-26/h3-6,9-13,26H,7-8H2,1-2H3. The van der Waals surface area contributed by atoms with E-state index in [-0.39, 0.29) is 6.61 Å². The average molecular weight is 348 g/mol. The smallest absolute Gasteiger partial charge is 0.147 e. The summed E-state index contributed by atoms with van der Waals surface area (Å²) in [4.78, 5) is 17.8. The van der Waals surface area contributed by atoms with Gasteiger partial charge in [0.25, 0.3) is 0 Å². The van der Waals surface area contributed by atoms with Gasteiger partial charge < -0.3 is 9.67 Å². The zero-order valence-electron chi connectivity index (χ0n) is 14.7. The number of rotatable bonds is 5. The number of nitrogens with zero attached hydrogens (tertiary/aromatic N) is 6. The molecular weight excluding hydrogens is 328 g/mol. The van der Waals surface area contributed by atoms with Crippen molar-refractivity contribution in [3.63, 3.8) is 0 Å². The fourth-order valence-electron chi connectivity index (χ4n) is 2.96. The highest BCUT2D eigenvalue weighted by molar-refractivity contribution is 5.78. The van der Waals surface area contributed by atoms with Crippen molar-refractivity contribution in [3.05, 3.63) is 55.1 Å². The van der Waals surface area contributed by atoms with Crippen molar-refractivity contribution < 1.29 is 5.11 Å². The van der Waals surface area contributed by atoms with Gasteiger partial charge in [-0.05, 0) is 18.2 Å². The van der Waals surface area contributed by atoms with Crippen molar-refractivity contribution in [2.45, 2.75) is 26.3 Å². The number of hydrogen-bond acceptors (Lipinski definition) is 5. The van der Waals surface area contributed by atoms with Gasteiger partial charge in [0.2, 0.25) is 0 Å². The van der Waals surface area contributed by atoms with Crippen LogP contribution >= 0.6 is 0 Å². The van der Waals surface area contributed by atoms with E-state index in [0.717, 1.165) is 33.9 Å². The highest BCUT2D eigenvalue weighted by atomic mass is 16.3. The van der Waals surface area contributed by atoms with E-state index in [2.05, 4.69) is 33.8 Å². The van der Waals surface area contributed by atoms with Crippen LogP contribution in [0.2, 0.25) is 0 Å². The van der Waals surface area contributed by atoms with Crippen LogP contribution in [0.1, 0.15) is 25.6 Å². The molecule has 4 aromatic rings. The Labute approximate surface area is 151 Å². The summed E-state index contributed by atoms with van der Waals surface area (Å²) in [6, 6.07) is 6.04. The highest BCUT2D eigenvalue weighted by Crippen LogP contribution is 2.24. The van der Waals surface area contributed by atoms with Crippen LogP contribution in [-0.2, 0) is 6.54 Å². The van der Waals surface area contributed by atoms with Crippen LogP contribution in [0.25, 0.3) is 28.1 Å². The number of benzene rings is 1. The van der Waals surface area contributed by atoms with Crippen LogP contribution in [0.4, 0.5) is 0 Å². The number of fused-ring (bicyclic) bond motifs is 1. The Morgan fingerprint density at radius 1 is 1.08 bits per heavy atom. The van der Waals surface area contributed by atoms with Gasteiger partial charge in [0.05, 0.1) is 29.5 Å². The Hall–Kier alpha value is -3.06. The molecule has 132 valence electrons. The van der Waals surface area contributed by atoms with Crippen molar-refractivity contribution in [1.29, 1.82) is 0 Å². The van der Waals surface area contributed by atoms with Crippen molar-refractivity contribution in [2.75, 3.05) is 6.61 Å². The fraction of sp³-hybridized carbons (Fsp3) is 0.263. The second-order valence-electron chi connectivity index (χ2n) is 6.44. The zero-order chi connectivity index (χ0) is 18.1. The van der Waals surface area contributed by atoms with Crippen LogP contribution in [0, 0.1) is 0 Å². The van der Waals surface area contributed by atoms with E-state index in [1.807, 2.05) is 45.9 Å². The Bertz CT molecular complexity index is 1030. The van der Waals surface area contributed by atoms with Crippen LogP contribution in [-0.4, -0.2) is 40.8 Å². The second-order valence-corrected chi connectivity index (χ2v) is 6.44. The maximum Gasteiger partial charge on any atom is 0.147 e. The molecule has 0 atom stereocenters. The molecule has 7 nitrogen and oxygen atoms in total. The van der Waals surface area contributed by atoms with Gasteiger partial charge in [-0.2, -0.15) is 0 Å². The molecular formula is C19H20N6O. The van der Waals surface area contributed by atoms with E-state index in [0.29, 0.717) is 12.5 Å². The number of aliphatic hydroxyl groups is 1. The number of aliphatic hydroxyl groups excluding tert-OH is 1. The van der Waals surface area contributed by atoms with Crippen LogP contribution in [0.15, 0.2) is 49.3 Å². The third-order valence-corrected chi connectivity index (χ3v) is 4.31. The van der Waals surface area contributed by atoms with Crippen molar-refractivity contribution in [3.8, 4) is 17.1 Å². The Morgan fingerprint density at radius 3 is 2.62 bits per heavy atom. The fourth-order valence-corrected chi connectivity index (χ4v) is 2.96. The van der Waals surface area contributed by atoms with Gasteiger partial charge in [0, 0.05) is 42.9 Å². The molecule has 4 rings (SSSR count). The van der Waals surface area contributed by atoms with Gasteiger partial charge in [-0.25, -0.2) is 19.9 Å². The monoisotopic (exact) mass is 348 g/mol. The first-order valence-electron chi connectivity index (χ1n) is 8.59. The van der Waals surface area contributed by atoms with Gasteiger partial charge in [-0.15, -0.1) is 0 Å². The van der Waals surface area contributed by atoms with Gasteiger partial charge in [0.15, 0.2) is 0 Å². The minimum absolute atomic E-state index is 0.0885. The molecule has 0 unspecified atom stereocenters. The van der Waals surface area contributed by atoms with Crippen molar-refractivity contribution in [2.24, 2.45) is 0 Å². The summed E-state index contributed by atoms with van der Waals surface area (Å²) in [6.07, 6.45) is 9.06. The molecule has 7 heteroatoms. The third kappa shape index (κ3) is 2.86. The topological polar surface area (TPSA) is 81.7 Å². The van der Waals surface area contributed by atoms with E-state index in [1.54, 1.807) is 12.5 Å². The first kappa shape index (κ1) is 16.4. The summed E-state index contributed by atoms with van der Waals surface area (Å²) in [5.74, 6) is 1.90. The quantitative estimate of drug-likeness (QED) is 0.600. The summed E-state index contributed by atoms with van der Waals surface area (Å²) in [6.45, 7) is 4.76. The van der Waals surface area contributed by atoms with E-state index in [9.17, 15) is 0 Å². The molecule has 0 spiro atoms. The molecule has 3 aromatic heterocycles. The van der Waals surface area contributed by atoms with E-state index in [1.165, 1.54) is 0 Å². The molecule has 0 saturated heterocycles. The SMILES string of the molecule is CC(C)c1ncc(-c2nccn2-c2ccc3c(c2)ncn3CCO)cn1. The first-order chi connectivity index (χ1) is 12.7. The molecule has 0 amide bonds. The Kier molecular flexibility index (Phi) is 4.22. The summed E-state index contributed by atoms with van der Waals surface area (Å²) < 4.78 is 3.94. The summed E-state index contributed by atoms with van der Waals surface area (Å²) >= 11 is 0. The molecule has 1 N–H and O–H groups in total. The summed E-state index contributed by atoms with van der Waals surface area (Å²) in [5.41, 5.74) is 3.70. The van der Waals surface area contributed by atoms with E-state index in [4.69, 9.17) is 5.11 Å². The van der Waals surface area contributed by atoms with Crippen molar-refractivity contribution >= 4 is 11.0 Å². The predicted octanol–water partition coefficient (Wildman–Crippen LogP) is 2.79. The van der Waals surface area contributed by atoms with Crippen LogP contribution < -0.4 is 0 Å². The van der Waals surface area contributed by atoms with Gasteiger partial charge >= 0.3 is 0 Å². The molecule has 26 heavy (non-hydrogen) atoms. The molecule has 0 saturated carbocycles. The molecule has 1 aromatic carbocycles. The van der Waals surface area contributed by atoms with E-state index < -0.39 is 0 Å². The van der Waals surface area contributed by atoms with Crippen LogP contribution in [0.3, 0.4) is 0 Å². The van der Waals surface area contributed by atoms with Crippen LogP contribution in [0.5, 0.6) is 0 Å². The number of aromatic nitrogens is 6. The second kappa shape index (κ2) is 6.68. The normalized spacial score (nSPS) is 11.5. The maximum absolute atomic E-state index is 9.15. The minimum Gasteiger partial charge on any atom is -0.395 e. The van der Waals surface area contributed by atoms with Gasteiger partial charge in [-0.3, -0.25) is 4.57 Å². The van der Waals surface area contributed by atoms with Gasteiger partial charge in [-0.1, -0.05) is 13.8 Å². The highest BCUT2D eigenvalue weighted by Gasteiger charge is 2.11. The largest absolute Gasteiger partial charge is 0.395 e. The van der Waals surface area contributed by atoms with Gasteiger partial charge in [0.1, 0.15) is 11.6 Å². The summed E-state index contributed by atoms with van der Waals surface area (Å²) in [7, 11) is 0. The van der Waals surface area contributed by atoms with E-state index >= 15 is 0 Å².